The van der Waals surface area contributed by atoms with E-state index in [4.69, 9.17) is 4.42 Å². The summed E-state index contributed by atoms with van der Waals surface area (Å²) in [6, 6.07) is 25.4. The van der Waals surface area contributed by atoms with Gasteiger partial charge in [-0.15, -0.1) is 0 Å². The SMILES string of the molecule is C=C(N=c1oc(Sc2ccccc2)c(C#N)c(-c2ccc([N+](=O)[O-])cc2)c1C(=O)O)c1ccccc1. The fraction of sp³-hybridized carbons (Fsp3) is 0. The van der Waals surface area contributed by atoms with Crippen LogP contribution in [0.4, 0.5) is 5.69 Å². The van der Waals surface area contributed by atoms with E-state index >= 15 is 0 Å². The minimum absolute atomic E-state index is 0.0284. The first-order valence-corrected chi connectivity index (χ1v) is 11.3. The summed E-state index contributed by atoms with van der Waals surface area (Å²) in [5.41, 5.74) is 0.457. The van der Waals surface area contributed by atoms with Gasteiger partial charge in [0.1, 0.15) is 17.2 Å². The van der Waals surface area contributed by atoms with Crippen molar-refractivity contribution in [3.8, 4) is 17.2 Å². The Labute approximate surface area is 209 Å². The molecule has 0 amide bonds. The van der Waals surface area contributed by atoms with Crippen molar-refractivity contribution in [2.75, 3.05) is 0 Å². The molecule has 0 bridgehead atoms. The quantitative estimate of drug-likeness (QED) is 0.240. The number of carboxylic acid groups (broad SMARTS) is 1. The molecule has 8 nitrogen and oxygen atoms in total. The molecule has 9 heteroatoms. The van der Waals surface area contributed by atoms with Crippen LogP contribution in [0.3, 0.4) is 0 Å². The number of nitro groups is 1. The van der Waals surface area contributed by atoms with Gasteiger partial charge in [0.15, 0.2) is 5.09 Å². The van der Waals surface area contributed by atoms with Crippen molar-refractivity contribution in [2.45, 2.75) is 9.99 Å². The van der Waals surface area contributed by atoms with Crippen molar-refractivity contribution >= 4 is 29.1 Å². The normalized spacial score (nSPS) is 11.0. The van der Waals surface area contributed by atoms with Crippen molar-refractivity contribution < 1.29 is 19.2 Å². The summed E-state index contributed by atoms with van der Waals surface area (Å²) in [7, 11) is 0. The Morgan fingerprint density at radius 1 is 1.03 bits per heavy atom. The molecule has 1 N–H and O–H groups in total. The van der Waals surface area contributed by atoms with Crippen LogP contribution < -0.4 is 5.55 Å². The number of nitrogens with zero attached hydrogens (tertiary/aromatic N) is 3. The van der Waals surface area contributed by atoms with Crippen molar-refractivity contribution in [1.82, 2.24) is 0 Å². The zero-order valence-electron chi connectivity index (χ0n) is 18.6. The third-order valence-corrected chi connectivity index (χ3v) is 6.08. The summed E-state index contributed by atoms with van der Waals surface area (Å²) < 4.78 is 5.94. The number of hydrogen-bond donors (Lipinski definition) is 1. The van der Waals surface area contributed by atoms with Gasteiger partial charge in [-0.25, -0.2) is 9.79 Å². The van der Waals surface area contributed by atoms with Gasteiger partial charge >= 0.3 is 5.97 Å². The first-order chi connectivity index (χ1) is 17.4. The lowest BCUT2D eigenvalue weighted by molar-refractivity contribution is -0.384. The van der Waals surface area contributed by atoms with Crippen LogP contribution in [-0.4, -0.2) is 16.0 Å². The van der Waals surface area contributed by atoms with Gasteiger partial charge in [-0.2, -0.15) is 5.26 Å². The second-order valence-corrected chi connectivity index (χ2v) is 8.43. The van der Waals surface area contributed by atoms with Crippen molar-refractivity contribution in [3.63, 3.8) is 0 Å². The Hall–Kier alpha value is -4.94. The van der Waals surface area contributed by atoms with Gasteiger partial charge < -0.3 is 9.52 Å². The maximum absolute atomic E-state index is 12.5. The minimum Gasteiger partial charge on any atom is -0.477 e. The maximum atomic E-state index is 12.5. The molecule has 0 spiro atoms. The van der Waals surface area contributed by atoms with E-state index in [9.17, 15) is 25.3 Å². The third kappa shape index (κ3) is 5.09. The van der Waals surface area contributed by atoms with E-state index in [1.807, 2.05) is 36.4 Å². The van der Waals surface area contributed by atoms with Crippen LogP contribution in [0.1, 0.15) is 21.5 Å². The largest absolute Gasteiger partial charge is 0.477 e. The highest BCUT2D eigenvalue weighted by molar-refractivity contribution is 7.99. The van der Waals surface area contributed by atoms with Crippen LogP contribution in [0.15, 0.2) is 111 Å². The van der Waals surface area contributed by atoms with Crippen LogP contribution >= 0.6 is 11.8 Å². The maximum Gasteiger partial charge on any atom is 0.341 e. The lowest BCUT2D eigenvalue weighted by atomic mass is 9.97. The van der Waals surface area contributed by atoms with Crippen LogP contribution in [0.2, 0.25) is 0 Å². The average Bonchev–Trinajstić information content (AvgIpc) is 2.89. The topological polar surface area (TPSA) is 130 Å². The van der Waals surface area contributed by atoms with Crippen LogP contribution in [-0.2, 0) is 0 Å². The fourth-order valence-corrected chi connectivity index (χ4v) is 4.30. The van der Waals surface area contributed by atoms with E-state index in [0.717, 1.165) is 16.7 Å². The molecule has 36 heavy (non-hydrogen) atoms. The highest BCUT2D eigenvalue weighted by atomic mass is 32.2. The smallest absolute Gasteiger partial charge is 0.341 e. The standard InChI is InChI=1S/C27H17N3O5S/c1-17(18-8-4-2-5-9-18)29-25-24(26(31)32)23(19-12-14-20(15-13-19)30(33)34)22(16-28)27(35-25)36-21-10-6-3-7-11-21/h2-15H,1H2,(H,31,32). The molecule has 3 aromatic carbocycles. The van der Waals surface area contributed by atoms with E-state index in [2.05, 4.69) is 17.6 Å². The second kappa shape index (κ2) is 10.5. The zero-order valence-corrected chi connectivity index (χ0v) is 19.4. The monoisotopic (exact) mass is 495 g/mol. The van der Waals surface area contributed by atoms with Gasteiger partial charge in [-0.3, -0.25) is 10.1 Å². The molecule has 176 valence electrons. The molecule has 1 aromatic heterocycles. The summed E-state index contributed by atoms with van der Waals surface area (Å²) >= 11 is 1.13. The van der Waals surface area contributed by atoms with Crippen molar-refractivity contribution in [3.05, 3.63) is 124 Å². The predicted molar refractivity (Wildman–Crippen MR) is 134 cm³/mol. The number of rotatable bonds is 7. The number of carbonyl (C=O) groups is 1. The molecule has 0 aliphatic rings. The molecule has 0 saturated carbocycles. The predicted octanol–water partition coefficient (Wildman–Crippen LogP) is 6.15. The number of nitro benzene ring substituents is 1. The van der Waals surface area contributed by atoms with Gasteiger partial charge in [0.05, 0.1) is 10.6 Å². The zero-order chi connectivity index (χ0) is 25.7. The lowest BCUT2D eigenvalue weighted by Crippen LogP contribution is -2.19. The molecule has 0 unspecified atom stereocenters. The minimum atomic E-state index is -1.38. The molecule has 0 saturated heterocycles. The molecular formula is C27H17N3O5S. The Morgan fingerprint density at radius 3 is 2.19 bits per heavy atom. The van der Waals surface area contributed by atoms with E-state index in [1.165, 1.54) is 24.3 Å². The summed E-state index contributed by atoms with van der Waals surface area (Å²) in [5, 5.41) is 31.5. The number of hydrogen-bond acceptors (Lipinski definition) is 7. The molecular weight excluding hydrogens is 478 g/mol. The Bertz CT molecular complexity index is 1570. The van der Waals surface area contributed by atoms with Crippen LogP contribution in [0, 0.1) is 21.4 Å². The van der Waals surface area contributed by atoms with Gasteiger partial charge in [-0.1, -0.05) is 66.9 Å². The number of nitriles is 1. The van der Waals surface area contributed by atoms with Gasteiger partial charge in [-0.05, 0) is 35.4 Å². The third-order valence-electron chi connectivity index (χ3n) is 5.10. The average molecular weight is 496 g/mol. The molecule has 4 aromatic rings. The van der Waals surface area contributed by atoms with E-state index in [0.29, 0.717) is 11.1 Å². The lowest BCUT2D eigenvalue weighted by Gasteiger charge is -2.13. The Kier molecular flexibility index (Phi) is 7.09. The van der Waals surface area contributed by atoms with E-state index < -0.39 is 10.9 Å². The van der Waals surface area contributed by atoms with Crippen LogP contribution in [0.5, 0.6) is 0 Å². The fourth-order valence-electron chi connectivity index (χ4n) is 3.43. The van der Waals surface area contributed by atoms with E-state index in [1.54, 1.807) is 24.3 Å². The summed E-state index contributed by atoms with van der Waals surface area (Å²) in [6.45, 7) is 3.94. The Morgan fingerprint density at radius 2 is 1.64 bits per heavy atom. The second-order valence-electron chi connectivity index (χ2n) is 7.38. The molecule has 0 aliphatic heterocycles. The van der Waals surface area contributed by atoms with Crippen molar-refractivity contribution in [2.24, 2.45) is 4.99 Å². The van der Waals surface area contributed by atoms with Gasteiger partial charge in [0.25, 0.3) is 5.69 Å². The van der Waals surface area contributed by atoms with Gasteiger partial charge in [0, 0.05) is 22.6 Å². The highest BCUT2D eigenvalue weighted by Crippen LogP contribution is 2.36. The van der Waals surface area contributed by atoms with Crippen molar-refractivity contribution in [1.29, 1.82) is 5.26 Å². The Balaban J connectivity index is 2.03. The van der Waals surface area contributed by atoms with Crippen LogP contribution in [0.25, 0.3) is 16.8 Å². The number of benzene rings is 3. The number of carboxylic acids is 1. The molecule has 0 radical (unpaired) electrons. The summed E-state index contributed by atoms with van der Waals surface area (Å²) in [5.74, 6) is -1.38. The first kappa shape index (κ1) is 24.2. The molecule has 0 fully saturated rings. The first-order valence-electron chi connectivity index (χ1n) is 10.5. The summed E-state index contributed by atoms with van der Waals surface area (Å²) in [6.07, 6.45) is 0. The molecule has 0 aliphatic carbocycles. The van der Waals surface area contributed by atoms with Gasteiger partial charge in [0.2, 0.25) is 5.55 Å². The summed E-state index contributed by atoms with van der Waals surface area (Å²) in [4.78, 5) is 28.2. The number of aromatic carboxylic acids is 1. The van der Waals surface area contributed by atoms with E-state index in [-0.39, 0.29) is 38.7 Å². The molecule has 1 heterocycles. The highest BCUT2D eigenvalue weighted by Gasteiger charge is 2.26. The number of non-ortho nitro benzene ring substituents is 1. The molecule has 4 rings (SSSR count). The molecule has 0 atom stereocenters.